The zero-order valence-electron chi connectivity index (χ0n) is 12.2. The molecular formula is C16H23FN2O. The number of rotatable bonds is 5. The Hall–Kier alpha value is -1.23. The highest BCUT2D eigenvalue weighted by Crippen LogP contribution is 2.25. The molecule has 0 aromatic heterocycles. The van der Waals surface area contributed by atoms with Crippen LogP contribution >= 0.6 is 0 Å². The van der Waals surface area contributed by atoms with Crippen molar-refractivity contribution >= 4 is 5.57 Å². The molecule has 1 aliphatic rings. The van der Waals surface area contributed by atoms with Crippen molar-refractivity contribution in [2.24, 2.45) is 5.73 Å². The van der Waals surface area contributed by atoms with Gasteiger partial charge in [0.2, 0.25) is 0 Å². The van der Waals surface area contributed by atoms with Crippen molar-refractivity contribution in [2.75, 3.05) is 33.9 Å². The zero-order valence-corrected chi connectivity index (χ0v) is 12.2. The maximum absolute atomic E-state index is 12.7. The van der Waals surface area contributed by atoms with Gasteiger partial charge in [0, 0.05) is 20.2 Å². The van der Waals surface area contributed by atoms with Gasteiger partial charge in [-0.1, -0.05) is 30.3 Å². The quantitative estimate of drug-likeness (QED) is 0.899. The van der Waals surface area contributed by atoms with Crippen LogP contribution in [0.2, 0.25) is 0 Å². The number of likely N-dealkylation sites (N-methyl/N-ethyl adjacent to an activating group) is 1. The first-order valence-electron chi connectivity index (χ1n) is 6.98. The minimum atomic E-state index is -0.617. The summed E-state index contributed by atoms with van der Waals surface area (Å²) in [5.41, 5.74) is 9.27. The molecule has 0 radical (unpaired) electrons. The fourth-order valence-electron chi connectivity index (χ4n) is 2.56. The Labute approximate surface area is 120 Å². The van der Waals surface area contributed by atoms with Gasteiger partial charge in [-0.3, -0.25) is 0 Å². The Morgan fingerprint density at radius 2 is 2.05 bits per heavy atom. The van der Waals surface area contributed by atoms with Gasteiger partial charge in [-0.25, -0.2) is 4.39 Å². The maximum atomic E-state index is 12.7. The standard InChI is InChI=1S/C16H23FN2O/c1-19-9-7-13(8-10-19)12-3-5-14(6-4-12)16(20-2)15(18)11-17/h3-7,15-16H,8-11,18H2,1-2H3/t15-,16-/m1/s1. The number of nitrogens with zero attached hydrogens (tertiary/aromatic N) is 1. The number of methoxy groups -OCH3 is 1. The van der Waals surface area contributed by atoms with Crippen molar-refractivity contribution in [3.05, 3.63) is 41.5 Å². The van der Waals surface area contributed by atoms with Crippen LogP contribution < -0.4 is 5.73 Å². The van der Waals surface area contributed by atoms with Crippen molar-refractivity contribution in [1.29, 1.82) is 0 Å². The average Bonchev–Trinajstić information content (AvgIpc) is 2.49. The summed E-state index contributed by atoms with van der Waals surface area (Å²) in [5, 5.41) is 0. The van der Waals surface area contributed by atoms with Gasteiger partial charge in [0.1, 0.15) is 6.67 Å². The highest BCUT2D eigenvalue weighted by molar-refractivity contribution is 5.66. The number of alkyl halides is 1. The Morgan fingerprint density at radius 1 is 1.35 bits per heavy atom. The van der Waals surface area contributed by atoms with E-state index in [2.05, 4.69) is 30.2 Å². The molecule has 0 unspecified atom stereocenters. The summed E-state index contributed by atoms with van der Waals surface area (Å²) in [6, 6.07) is 7.50. The number of ether oxygens (including phenoxy) is 1. The van der Waals surface area contributed by atoms with Crippen molar-refractivity contribution in [1.82, 2.24) is 4.90 Å². The van der Waals surface area contributed by atoms with Crippen molar-refractivity contribution in [3.8, 4) is 0 Å². The molecule has 0 saturated carbocycles. The van der Waals surface area contributed by atoms with Gasteiger partial charge in [-0.15, -0.1) is 0 Å². The van der Waals surface area contributed by atoms with Crippen LogP contribution in [0.15, 0.2) is 30.3 Å². The maximum Gasteiger partial charge on any atom is 0.107 e. The van der Waals surface area contributed by atoms with Gasteiger partial charge in [0.25, 0.3) is 0 Å². The SMILES string of the molecule is CO[C@H](c1ccc(C2=CCN(C)CC2)cc1)[C@H](N)CF. The van der Waals surface area contributed by atoms with Gasteiger partial charge in [0.05, 0.1) is 12.1 Å². The smallest absolute Gasteiger partial charge is 0.107 e. The van der Waals surface area contributed by atoms with E-state index in [-0.39, 0.29) is 6.10 Å². The first kappa shape index (κ1) is 15.2. The van der Waals surface area contributed by atoms with Crippen molar-refractivity contribution in [3.63, 3.8) is 0 Å². The molecule has 2 atom stereocenters. The van der Waals surface area contributed by atoms with Crippen LogP contribution in [0, 0.1) is 0 Å². The Kier molecular flexibility index (Phi) is 5.29. The average molecular weight is 278 g/mol. The van der Waals surface area contributed by atoms with Crippen LogP contribution in [0.3, 0.4) is 0 Å². The van der Waals surface area contributed by atoms with Crippen molar-refractivity contribution < 1.29 is 9.13 Å². The summed E-state index contributed by atoms with van der Waals surface area (Å²) in [6.07, 6.45) is 2.94. The summed E-state index contributed by atoms with van der Waals surface area (Å²) in [6.45, 7) is 1.49. The number of halogens is 1. The molecule has 1 aliphatic heterocycles. The second kappa shape index (κ2) is 6.97. The molecule has 0 aliphatic carbocycles. The molecule has 20 heavy (non-hydrogen) atoms. The van der Waals surface area contributed by atoms with Gasteiger partial charge >= 0.3 is 0 Å². The normalized spacial score (nSPS) is 19.5. The minimum absolute atomic E-state index is 0.388. The first-order valence-corrected chi connectivity index (χ1v) is 6.98. The predicted octanol–water partition coefficient (Wildman–Crippen LogP) is 2.39. The Morgan fingerprint density at radius 3 is 2.55 bits per heavy atom. The molecule has 2 rings (SSSR count). The largest absolute Gasteiger partial charge is 0.375 e. The third-order valence-corrected chi connectivity index (χ3v) is 3.84. The molecule has 0 amide bonds. The number of hydrogen-bond acceptors (Lipinski definition) is 3. The lowest BCUT2D eigenvalue weighted by Crippen LogP contribution is -2.31. The Balaban J connectivity index is 2.13. The number of benzene rings is 1. The fraction of sp³-hybridized carbons (Fsp3) is 0.500. The van der Waals surface area contributed by atoms with Gasteiger partial charge < -0.3 is 15.4 Å². The molecule has 3 nitrogen and oxygen atoms in total. The van der Waals surface area contributed by atoms with E-state index in [4.69, 9.17) is 10.5 Å². The lowest BCUT2D eigenvalue weighted by molar-refractivity contribution is 0.0721. The van der Waals surface area contributed by atoms with E-state index in [9.17, 15) is 4.39 Å². The first-order chi connectivity index (χ1) is 9.65. The summed E-state index contributed by atoms with van der Waals surface area (Å²) in [4.78, 5) is 2.29. The van der Waals surface area contributed by atoms with Crippen LogP contribution in [-0.4, -0.2) is 44.9 Å². The van der Waals surface area contributed by atoms with Gasteiger partial charge in [0.15, 0.2) is 0 Å². The van der Waals surface area contributed by atoms with Gasteiger partial charge in [-0.2, -0.15) is 0 Å². The summed E-state index contributed by atoms with van der Waals surface area (Å²) < 4.78 is 18.0. The molecule has 2 N–H and O–H groups in total. The second-order valence-corrected chi connectivity index (χ2v) is 5.34. The lowest BCUT2D eigenvalue weighted by atomic mass is 9.96. The van der Waals surface area contributed by atoms with Crippen LogP contribution in [-0.2, 0) is 4.74 Å². The molecule has 0 fully saturated rings. The van der Waals surface area contributed by atoms with E-state index in [0.717, 1.165) is 25.1 Å². The predicted molar refractivity (Wildman–Crippen MR) is 80.2 cm³/mol. The third kappa shape index (κ3) is 3.45. The van der Waals surface area contributed by atoms with Crippen LogP contribution in [0.25, 0.3) is 5.57 Å². The van der Waals surface area contributed by atoms with E-state index in [1.807, 2.05) is 12.1 Å². The fourth-order valence-corrected chi connectivity index (χ4v) is 2.56. The molecular weight excluding hydrogens is 255 g/mol. The number of hydrogen-bond donors (Lipinski definition) is 1. The van der Waals surface area contributed by atoms with E-state index in [1.165, 1.54) is 11.1 Å². The molecule has 1 aromatic rings. The third-order valence-electron chi connectivity index (χ3n) is 3.84. The topological polar surface area (TPSA) is 38.5 Å². The minimum Gasteiger partial charge on any atom is -0.375 e. The molecule has 1 heterocycles. The highest BCUT2D eigenvalue weighted by atomic mass is 19.1. The molecule has 4 heteroatoms. The second-order valence-electron chi connectivity index (χ2n) is 5.34. The van der Waals surface area contributed by atoms with Crippen LogP contribution in [0.5, 0.6) is 0 Å². The van der Waals surface area contributed by atoms with E-state index in [1.54, 1.807) is 7.11 Å². The van der Waals surface area contributed by atoms with Crippen molar-refractivity contribution in [2.45, 2.75) is 18.6 Å². The van der Waals surface area contributed by atoms with E-state index in [0.29, 0.717) is 0 Å². The van der Waals surface area contributed by atoms with E-state index >= 15 is 0 Å². The lowest BCUT2D eigenvalue weighted by Gasteiger charge is -2.23. The monoisotopic (exact) mass is 278 g/mol. The highest BCUT2D eigenvalue weighted by Gasteiger charge is 2.19. The summed E-state index contributed by atoms with van der Waals surface area (Å²) >= 11 is 0. The summed E-state index contributed by atoms with van der Waals surface area (Å²) in [5.74, 6) is 0. The summed E-state index contributed by atoms with van der Waals surface area (Å²) in [7, 11) is 3.69. The number of nitrogens with two attached hydrogens (primary N) is 1. The molecule has 0 bridgehead atoms. The van der Waals surface area contributed by atoms with Crippen LogP contribution in [0.1, 0.15) is 23.7 Å². The Bertz CT molecular complexity index is 458. The van der Waals surface area contributed by atoms with Gasteiger partial charge in [-0.05, 0) is 30.2 Å². The van der Waals surface area contributed by atoms with Crippen LogP contribution in [0.4, 0.5) is 4.39 Å². The molecule has 0 saturated heterocycles. The molecule has 110 valence electrons. The van der Waals surface area contributed by atoms with E-state index < -0.39 is 12.7 Å². The molecule has 0 spiro atoms. The molecule has 1 aromatic carbocycles. The zero-order chi connectivity index (χ0) is 14.5.